The van der Waals surface area contributed by atoms with Crippen LogP contribution in [-0.4, -0.2) is 30.3 Å². The van der Waals surface area contributed by atoms with Crippen molar-refractivity contribution in [2.45, 2.75) is 51.6 Å². The highest BCUT2D eigenvalue weighted by atomic mass is 32.1. The molecule has 0 amide bonds. The molecule has 1 rings (SSSR count). The van der Waals surface area contributed by atoms with Crippen LogP contribution < -0.4 is 10.6 Å². The molecule has 0 aromatic rings. The summed E-state index contributed by atoms with van der Waals surface area (Å²) in [7, 11) is 1.40. The third-order valence-electron chi connectivity index (χ3n) is 3.10. The van der Waals surface area contributed by atoms with E-state index in [1.54, 1.807) is 0 Å². The summed E-state index contributed by atoms with van der Waals surface area (Å²) in [5, 5.41) is 6.85. The molecule has 1 fully saturated rings. The van der Waals surface area contributed by atoms with E-state index in [0.717, 1.165) is 12.8 Å². The normalized spacial score (nSPS) is 17.9. The minimum absolute atomic E-state index is 0.144. The van der Waals surface area contributed by atoms with Crippen molar-refractivity contribution in [1.82, 2.24) is 10.6 Å². The van der Waals surface area contributed by atoms with Gasteiger partial charge in [0.1, 0.15) is 6.04 Å². The molecule has 0 heterocycles. The number of hydrogen-bond acceptors (Lipinski definition) is 3. The molecule has 1 atom stereocenters. The van der Waals surface area contributed by atoms with E-state index in [4.69, 9.17) is 17.0 Å². The van der Waals surface area contributed by atoms with Crippen molar-refractivity contribution >= 4 is 23.3 Å². The molecule has 0 radical (unpaired) electrons. The summed E-state index contributed by atoms with van der Waals surface area (Å²) in [4.78, 5) is 11.6. The van der Waals surface area contributed by atoms with Gasteiger partial charge in [0, 0.05) is 6.04 Å². The lowest BCUT2D eigenvalue weighted by Gasteiger charge is -2.23. The molecule has 0 saturated heterocycles. The molecule has 17 heavy (non-hydrogen) atoms. The van der Waals surface area contributed by atoms with Gasteiger partial charge < -0.3 is 15.4 Å². The van der Waals surface area contributed by atoms with Gasteiger partial charge in [0.15, 0.2) is 5.11 Å². The van der Waals surface area contributed by atoms with Gasteiger partial charge in [0.2, 0.25) is 0 Å². The summed E-state index contributed by atoms with van der Waals surface area (Å²) in [6, 6.07) is 0.0851. The number of carbonyl (C=O) groups is 1. The zero-order valence-electron chi connectivity index (χ0n) is 10.8. The quantitative estimate of drug-likeness (QED) is 0.592. The largest absolute Gasteiger partial charge is 0.467 e. The second kappa shape index (κ2) is 6.79. The SMILES string of the molecule is COC(=O)C(NC(=S)NC1CCCC1)C(C)C. The number of esters is 1. The number of methoxy groups -OCH3 is 1. The Bertz CT molecular complexity index is 276. The first kappa shape index (κ1) is 14.2. The molecule has 0 bridgehead atoms. The predicted octanol–water partition coefficient (Wildman–Crippen LogP) is 1.59. The maximum atomic E-state index is 11.6. The standard InChI is InChI=1S/C12H22N2O2S/c1-8(2)10(11(15)16-3)14-12(17)13-9-6-4-5-7-9/h8-10H,4-7H2,1-3H3,(H2,13,14,17). The van der Waals surface area contributed by atoms with Crippen LogP contribution in [-0.2, 0) is 9.53 Å². The first-order valence-electron chi connectivity index (χ1n) is 6.19. The Hall–Kier alpha value is -0.840. The molecule has 98 valence electrons. The highest BCUT2D eigenvalue weighted by Gasteiger charge is 2.24. The fourth-order valence-electron chi connectivity index (χ4n) is 2.06. The van der Waals surface area contributed by atoms with Crippen molar-refractivity contribution in [1.29, 1.82) is 0 Å². The van der Waals surface area contributed by atoms with E-state index >= 15 is 0 Å². The van der Waals surface area contributed by atoms with Crippen molar-refractivity contribution in [3.63, 3.8) is 0 Å². The van der Waals surface area contributed by atoms with E-state index in [9.17, 15) is 4.79 Å². The fraction of sp³-hybridized carbons (Fsp3) is 0.833. The van der Waals surface area contributed by atoms with Crippen molar-refractivity contribution in [3.05, 3.63) is 0 Å². The molecule has 0 aliphatic heterocycles. The molecule has 5 heteroatoms. The highest BCUT2D eigenvalue weighted by Crippen LogP contribution is 2.17. The summed E-state index contributed by atoms with van der Waals surface area (Å²) in [6.07, 6.45) is 4.83. The lowest BCUT2D eigenvalue weighted by atomic mass is 10.1. The first-order valence-corrected chi connectivity index (χ1v) is 6.60. The van der Waals surface area contributed by atoms with Gasteiger partial charge in [-0.3, -0.25) is 0 Å². The maximum absolute atomic E-state index is 11.6. The summed E-state index contributed by atoms with van der Waals surface area (Å²) >= 11 is 5.22. The highest BCUT2D eigenvalue weighted by molar-refractivity contribution is 7.80. The molecule has 0 aromatic carbocycles. The van der Waals surface area contributed by atoms with Gasteiger partial charge in [-0.2, -0.15) is 0 Å². The summed E-state index contributed by atoms with van der Waals surface area (Å²) in [5.41, 5.74) is 0. The molecule has 0 aromatic heterocycles. The van der Waals surface area contributed by atoms with Gasteiger partial charge in [-0.05, 0) is 31.0 Å². The van der Waals surface area contributed by atoms with Crippen LogP contribution in [0.15, 0.2) is 0 Å². The van der Waals surface area contributed by atoms with Crippen LogP contribution in [0.1, 0.15) is 39.5 Å². The van der Waals surface area contributed by atoms with E-state index in [0.29, 0.717) is 11.2 Å². The molecule has 0 spiro atoms. The molecular formula is C12H22N2O2S. The van der Waals surface area contributed by atoms with Crippen LogP contribution in [0.2, 0.25) is 0 Å². The molecule has 1 saturated carbocycles. The predicted molar refractivity (Wildman–Crippen MR) is 71.8 cm³/mol. The zero-order chi connectivity index (χ0) is 12.8. The van der Waals surface area contributed by atoms with Crippen LogP contribution in [0, 0.1) is 5.92 Å². The maximum Gasteiger partial charge on any atom is 0.328 e. The second-order valence-corrected chi connectivity index (χ2v) is 5.25. The van der Waals surface area contributed by atoms with Gasteiger partial charge in [0.25, 0.3) is 0 Å². The number of thiocarbonyl (C=S) groups is 1. The Kier molecular flexibility index (Phi) is 5.68. The monoisotopic (exact) mass is 258 g/mol. The minimum atomic E-state index is -0.374. The van der Waals surface area contributed by atoms with E-state index in [1.165, 1.54) is 20.0 Å². The van der Waals surface area contributed by atoms with Gasteiger partial charge >= 0.3 is 5.97 Å². The topological polar surface area (TPSA) is 50.4 Å². The Morgan fingerprint density at radius 2 is 1.94 bits per heavy atom. The summed E-state index contributed by atoms with van der Waals surface area (Å²) in [5.74, 6) is -0.124. The fourth-order valence-corrected chi connectivity index (χ4v) is 2.36. The van der Waals surface area contributed by atoms with Crippen LogP contribution in [0.4, 0.5) is 0 Å². The van der Waals surface area contributed by atoms with Crippen molar-refractivity contribution in [2.75, 3.05) is 7.11 Å². The van der Waals surface area contributed by atoms with Crippen LogP contribution in [0.25, 0.3) is 0 Å². The molecular weight excluding hydrogens is 236 g/mol. The van der Waals surface area contributed by atoms with Gasteiger partial charge in [-0.15, -0.1) is 0 Å². The van der Waals surface area contributed by atoms with E-state index in [1.807, 2.05) is 13.8 Å². The Labute approximate surface area is 108 Å². The number of rotatable bonds is 4. The molecule has 1 aliphatic carbocycles. The van der Waals surface area contributed by atoms with Crippen LogP contribution >= 0.6 is 12.2 Å². The van der Waals surface area contributed by atoms with Crippen molar-refractivity contribution < 1.29 is 9.53 Å². The Balaban J connectivity index is 2.43. The lowest BCUT2D eigenvalue weighted by molar-refractivity contribution is -0.143. The van der Waals surface area contributed by atoms with Gasteiger partial charge in [-0.25, -0.2) is 4.79 Å². The number of carbonyl (C=O) groups excluding carboxylic acids is 1. The molecule has 1 aliphatic rings. The summed E-state index contributed by atoms with van der Waals surface area (Å²) in [6.45, 7) is 3.93. The lowest BCUT2D eigenvalue weighted by Crippen LogP contribution is -2.50. The van der Waals surface area contributed by atoms with E-state index < -0.39 is 0 Å². The average Bonchev–Trinajstić information content (AvgIpc) is 2.77. The third kappa shape index (κ3) is 4.50. The second-order valence-electron chi connectivity index (χ2n) is 4.84. The van der Waals surface area contributed by atoms with Gasteiger partial charge in [0.05, 0.1) is 7.11 Å². The molecule has 2 N–H and O–H groups in total. The van der Waals surface area contributed by atoms with Crippen molar-refractivity contribution in [3.8, 4) is 0 Å². The Morgan fingerprint density at radius 1 is 1.35 bits per heavy atom. The van der Waals surface area contributed by atoms with Crippen LogP contribution in [0.5, 0.6) is 0 Å². The number of ether oxygens (including phenoxy) is 1. The molecule has 1 unspecified atom stereocenters. The minimum Gasteiger partial charge on any atom is -0.467 e. The summed E-state index contributed by atoms with van der Waals surface area (Å²) < 4.78 is 4.76. The number of nitrogens with one attached hydrogen (secondary N) is 2. The van der Waals surface area contributed by atoms with Crippen LogP contribution in [0.3, 0.4) is 0 Å². The Morgan fingerprint density at radius 3 is 2.41 bits per heavy atom. The van der Waals surface area contributed by atoms with Gasteiger partial charge in [-0.1, -0.05) is 26.7 Å². The number of hydrogen-bond donors (Lipinski definition) is 2. The van der Waals surface area contributed by atoms with Crippen molar-refractivity contribution in [2.24, 2.45) is 5.92 Å². The average molecular weight is 258 g/mol. The molecule has 4 nitrogen and oxygen atoms in total. The van der Waals surface area contributed by atoms with E-state index in [-0.39, 0.29) is 17.9 Å². The first-order chi connectivity index (χ1) is 8.04. The third-order valence-corrected chi connectivity index (χ3v) is 3.33. The van der Waals surface area contributed by atoms with E-state index in [2.05, 4.69) is 10.6 Å². The zero-order valence-corrected chi connectivity index (χ0v) is 11.6. The smallest absolute Gasteiger partial charge is 0.328 e.